The average molecular weight is 305 g/mol. The molecule has 0 aliphatic heterocycles. The van der Waals surface area contributed by atoms with E-state index in [4.69, 9.17) is 9.47 Å². The Hall–Kier alpha value is -2.14. The summed E-state index contributed by atoms with van der Waals surface area (Å²) in [7, 11) is 1.31. The Bertz CT molecular complexity index is 473. The number of unbranched alkanes of at least 4 members (excludes halogenated alkanes) is 1. The average Bonchev–Trinajstić information content (AvgIpc) is 2.54. The van der Waals surface area contributed by atoms with Crippen molar-refractivity contribution < 1.29 is 19.1 Å². The van der Waals surface area contributed by atoms with Gasteiger partial charge < -0.3 is 14.8 Å². The van der Waals surface area contributed by atoms with Crippen molar-refractivity contribution in [1.29, 1.82) is 0 Å². The van der Waals surface area contributed by atoms with Gasteiger partial charge in [-0.1, -0.05) is 36.4 Å². The first kappa shape index (κ1) is 17.9. The van der Waals surface area contributed by atoms with Gasteiger partial charge in [0.25, 0.3) is 0 Å². The van der Waals surface area contributed by atoms with E-state index in [-0.39, 0.29) is 12.5 Å². The zero-order valence-electron chi connectivity index (χ0n) is 12.9. The summed E-state index contributed by atoms with van der Waals surface area (Å²) in [4.78, 5) is 23.5. The Morgan fingerprint density at radius 3 is 2.68 bits per heavy atom. The van der Waals surface area contributed by atoms with E-state index in [1.54, 1.807) is 6.08 Å². The van der Waals surface area contributed by atoms with Gasteiger partial charge in [-0.3, -0.25) is 4.79 Å². The number of hydrogen-bond donors (Lipinski definition) is 1. The SMILES string of the molecule is C=CCCC[C@H](NC(=O)COCc1ccccc1)C(=O)OC. The second kappa shape index (κ2) is 10.6. The van der Waals surface area contributed by atoms with Gasteiger partial charge in [-0.05, 0) is 24.8 Å². The molecule has 0 fully saturated rings. The number of nitrogens with one attached hydrogen (secondary N) is 1. The highest BCUT2D eigenvalue weighted by Gasteiger charge is 2.20. The van der Waals surface area contributed by atoms with Crippen molar-refractivity contribution in [3.05, 3.63) is 48.6 Å². The highest BCUT2D eigenvalue weighted by molar-refractivity contribution is 5.84. The molecule has 0 bridgehead atoms. The predicted octanol–water partition coefficient (Wildman–Crippen LogP) is 2.22. The number of rotatable bonds is 10. The van der Waals surface area contributed by atoms with Crippen molar-refractivity contribution in [3.8, 4) is 0 Å². The Kier molecular flexibility index (Phi) is 8.60. The molecule has 0 aromatic heterocycles. The fourth-order valence-electron chi connectivity index (χ4n) is 1.93. The van der Waals surface area contributed by atoms with E-state index in [1.165, 1.54) is 7.11 Å². The normalized spacial score (nSPS) is 11.5. The highest BCUT2D eigenvalue weighted by Crippen LogP contribution is 2.04. The van der Waals surface area contributed by atoms with Crippen LogP contribution in [0.2, 0.25) is 0 Å². The van der Waals surface area contributed by atoms with Crippen molar-refractivity contribution in [3.63, 3.8) is 0 Å². The zero-order chi connectivity index (χ0) is 16.2. The minimum absolute atomic E-state index is 0.0934. The number of carbonyl (C=O) groups is 2. The molecule has 120 valence electrons. The molecule has 5 heteroatoms. The van der Waals surface area contributed by atoms with Crippen LogP contribution in [-0.2, 0) is 25.7 Å². The molecule has 0 saturated heterocycles. The van der Waals surface area contributed by atoms with Crippen molar-refractivity contribution in [2.45, 2.75) is 31.9 Å². The fraction of sp³-hybridized carbons (Fsp3) is 0.412. The third kappa shape index (κ3) is 7.04. The van der Waals surface area contributed by atoms with Crippen LogP contribution >= 0.6 is 0 Å². The van der Waals surface area contributed by atoms with Crippen molar-refractivity contribution >= 4 is 11.9 Å². The first-order valence-corrected chi connectivity index (χ1v) is 7.27. The standard InChI is InChI=1S/C17H23NO4/c1-3-4-6-11-15(17(20)21-2)18-16(19)13-22-12-14-9-7-5-8-10-14/h3,5,7-10,15H,1,4,6,11-13H2,2H3,(H,18,19)/t15-/m0/s1. The molecule has 0 saturated carbocycles. The maximum absolute atomic E-state index is 11.8. The molecular formula is C17H23NO4. The lowest BCUT2D eigenvalue weighted by atomic mass is 10.1. The van der Waals surface area contributed by atoms with E-state index in [2.05, 4.69) is 11.9 Å². The first-order valence-electron chi connectivity index (χ1n) is 7.27. The van der Waals surface area contributed by atoms with E-state index >= 15 is 0 Å². The third-order valence-electron chi connectivity index (χ3n) is 3.07. The third-order valence-corrected chi connectivity index (χ3v) is 3.07. The summed E-state index contributed by atoms with van der Waals surface area (Å²) in [6.07, 6.45) is 3.84. The molecule has 0 heterocycles. The van der Waals surface area contributed by atoms with Crippen LogP contribution in [0.1, 0.15) is 24.8 Å². The van der Waals surface area contributed by atoms with Gasteiger partial charge in [0.2, 0.25) is 5.91 Å². The van der Waals surface area contributed by atoms with E-state index in [9.17, 15) is 9.59 Å². The number of hydrogen-bond acceptors (Lipinski definition) is 4. The van der Waals surface area contributed by atoms with E-state index in [0.29, 0.717) is 13.0 Å². The minimum Gasteiger partial charge on any atom is -0.467 e. The summed E-state index contributed by atoms with van der Waals surface area (Å²) in [6, 6.07) is 8.94. The lowest BCUT2D eigenvalue weighted by Crippen LogP contribution is -2.43. The highest BCUT2D eigenvalue weighted by atomic mass is 16.5. The van der Waals surface area contributed by atoms with Crippen molar-refractivity contribution in [2.75, 3.05) is 13.7 Å². The summed E-state index contributed by atoms with van der Waals surface area (Å²) >= 11 is 0. The minimum atomic E-state index is -0.641. The lowest BCUT2D eigenvalue weighted by molar-refractivity contribution is -0.146. The fourth-order valence-corrected chi connectivity index (χ4v) is 1.93. The van der Waals surface area contributed by atoms with Gasteiger partial charge in [0.05, 0.1) is 13.7 Å². The summed E-state index contributed by atoms with van der Waals surface area (Å²) in [6.45, 7) is 3.89. The summed E-state index contributed by atoms with van der Waals surface area (Å²) in [5.74, 6) is -0.773. The van der Waals surface area contributed by atoms with Gasteiger partial charge in [-0.25, -0.2) is 4.79 Å². The van der Waals surface area contributed by atoms with E-state index in [1.807, 2.05) is 30.3 Å². The Morgan fingerprint density at radius 2 is 2.05 bits per heavy atom. The molecule has 0 unspecified atom stereocenters. The van der Waals surface area contributed by atoms with Crippen molar-refractivity contribution in [2.24, 2.45) is 0 Å². The summed E-state index contributed by atoms with van der Waals surface area (Å²) in [5, 5.41) is 2.64. The van der Waals surface area contributed by atoms with E-state index < -0.39 is 12.0 Å². The van der Waals surface area contributed by atoms with Crippen LogP contribution in [0.4, 0.5) is 0 Å². The molecule has 1 aromatic rings. The topological polar surface area (TPSA) is 64.6 Å². The van der Waals surface area contributed by atoms with Crippen LogP contribution in [-0.4, -0.2) is 31.6 Å². The molecule has 1 aromatic carbocycles. The maximum atomic E-state index is 11.8. The second-order valence-corrected chi connectivity index (χ2v) is 4.84. The van der Waals surface area contributed by atoms with Crippen LogP contribution in [0, 0.1) is 0 Å². The Balaban J connectivity index is 2.35. The molecule has 5 nitrogen and oxygen atoms in total. The maximum Gasteiger partial charge on any atom is 0.328 e. The van der Waals surface area contributed by atoms with Gasteiger partial charge in [-0.2, -0.15) is 0 Å². The molecule has 1 N–H and O–H groups in total. The molecule has 1 amide bonds. The number of benzene rings is 1. The van der Waals surface area contributed by atoms with Crippen LogP contribution in [0.5, 0.6) is 0 Å². The van der Waals surface area contributed by atoms with Gasteiger partial charge in [0, 0.05) is 0 Å². The number of carbonyl (C=O) groups excluding carboxylic acids is 2. The monoisotopic (exact) mass is 305 g/mol. The van der Waals surface area contributed by atoms with E-state index in [0.717, 1.165) is 18.4 Å². The number of allylic oxidation sites excluding steroid dienone is 1. The van der Waals surface area contributed by atoms with Crippen LogP contribution in [0.15, 0.2) is 43.0 Å². The Morgan fingerprint density at radius 1 is 1.32 bits per heavy atom. The van der Waals surface area contributed by atoms with Crippen LogP contribution in [0.25, 0.3) is 0 Å². The summed E-state index contributed by atoms with van der Waals surface area (Å²) in [5.41, 5.74) is 0.991. The number of methoxy groups -OCH3 is 1. The van der Waals surface area contributed by atoms with Gasteiger partial charge in [-0.15, -0.1) is 6.58 Å². The van der Waals surface area contributed by atoms with Crippen LogP contribution < -0.4 is 5.32 Å². The smallest absolute Gasteiger partial charge is 0.328 e. The molecule has 0 radical (unpaired) electrons. The lowest BCUT2D eigenvalue weighted by Gasteiger charge is -2.16. The molecule has 0 spiro atoms. The number of esters is 1. The molecule has 0 aliphatic rings. The Labute approximate surface area is 131 Å². The molecular weight excluding hydrogens is 282 g/mol. The van der Waals surface area contributed by atoms with Gasteiger partial charge in [0.15, 0.2) is 0 Å². The molecule has 1 rings (SSSR count). The molecule has 22 heavy (non-hydrogen) atoms. The van der Waals surface area contributed by atoms with Gasteiger partial charge >= 0.3 is 5.97 Å². The quantitative estimate of drug-likeness (QED) is 0.409. The summed E-state index contributed by atoms with van der Waals surface area (Å²) < 4.78 is 10.0. The zero-order valence-corrected chi connectivity index (χ0v) is 12.9. The first-order chi connectivity index (χ1) is 10.7. The van der Waals surface area contributed by atoms with Crippen LogP contribution in [0.3, 0.4) is 0 Å². The number of ether oxygens (including phenoxy) is 2. The molecule has 1 atom stereocenters. The molecule has 0 aliphatic carbocycles. The number of amides is 1. The van der Waals surface area contributed by atoms with Crippen molar-refractivity contribution in [1.82, 2.24) is 5.32 Å². The predicted molar refractivity (Wildman–Crippen MR) is 84.1 cm³/mol. The van der Waals surface area contributed by atoms with Gasteiger partial charge in [0.1, 0.15) is 12.6 Å². The largest absolute Gasteiger partial charge is 0.467 e. The second-order valence-electron chi connectivity index (χ2n) is 4.84.